The molecule has 0 aromatic carbocycles. The van der Waals surface area contributed by atoms with E-state index in [1.165, 1.54) is 11.3 Å². The van der Waals surface area contributed by atoms with E-state index in [1.54, 1.807) is 50.4 Å². The molecule has 3 aromatic heterocycles. The summed E-state index contributed by atoms with van der Waals surface area (Å²) >= 11 is 2.14. The van der Waals surface area contributed by atoms with E-state index in [-0.39, 0.29) is 16.6 Å². The lowest BCUT2D eigenvalue weighted by Gasteiger charge is -2.22. The lowest BCUT2D eigenvalue weighted by molar-refractivity contribution is -0.135. The standard InChI is InChI=1S/C21H18N2O6S2/c1-4-28-20(27)18-11(3)22-21(31-18)23-15(12-8-7-10(2)29-12)14(17(25)19(23)26)16(24)13-6-5-9-30-13/h5-9,14-15H,4H2,1-3H3. The quantitative estimate of drug-likeness (QED) is 0.240. The Morgan fingerprint density at radius 2 is 2.00 bits per heavy atom. The number of carbonyl (C=O) groups excluding carboxylic acids is 4. The van der Waals surface area contributed by atoms with Crippen LogP contribution in [0.3, 0.4) is 0 Å². The molecule has 3 aromatic rings. The van der Waals surface area contributed by atoms with Crippen molar-refractivity contribution in [3.8, 4) is 0 Å². The number of nitrogens with zero attached hydrogens (tertiary/aromatic N) is 2. The van der Waals surface area contributed by atoms with E-state index in [9.17, 15) is 19.2 Å². The van der Waals surface area contributed by atoms with Crippen molar-refractivity contribution in [3.05, 3.63) is 56.6 Å². The number of thiophene rings is 1. The van der Waals surface area contributed by atoms with E-state index >= 15 is 0 Å². The van der Waals surface area contributed by atoms with Crippen LogP contribution < -0.4 is 4.90 Å². The van der Waals surface area contributed by atoms with Gasteiger partial charge in [0.2, 0.25) is 5.78 Å². The Morgan fingerprint density at radius 3 is 2.61 bits per heavy atom. The molecule has 2 unspecified atom stereocenters. The third kappa shape index (κ3) is 3.61. The molecule has 8 nitrogen and oxygen atoms in total. The Labute approximate surface area is 185 Å². The molecule has 31 heavy (non-hydrogen) atoms. The molecule has 1 aliphatic rings. The van der Waals surface area contributed by atoms with Crippen molar-refractivity contribution in [2.45, 2.75) is 26.8 Å². The predicted octanol–water partition coefficient (Wildman–Crippen LogP) is 3.75. The minimum Gasteiger partial charge on any atom is -0.464 e. The number of aromatic nitrogens is 1. The first kappa shape index (κ1) is 21.1. The highest BCUT2D eigenvalue weighted by atomic mass is 32.1. The number of furan rings is 1. The lowest BCUT2D eigenvalue weighted by atomic mass is 9.92. The van der Waals surface area contributed by atoms with Crippen molar-refractivity contribution in [2.24, 2.45) is 5.92 Å². The molecule has 0 bridgehead atoms. The van der Waals surface area contributed by atoms with E-state index in [2.05, 4.69) is 4.98 Å². The SMILES string of the molecule is CCOC(=O)c1sc(N2C(=O)C(=O)C(C(=O)c3cccs3)C2c2ccc(C)o2)nc1C. The second-order valence-electron chi connectivity index (χ2n) is 6.88. The Hall–Kier alpha value is -3.11. The number of thiazole rings is 1. The smallest absolute Gasteiger partial charge is 0.350 e. The van der Waals surface area contributed by atoms with Crippen molar-refractivity contribution >= 4 is 51.2 Å². The third-order valence-electron chi connectivity index (χ3n) is 4.86. The Morgan fingerprint density at radius 1 is 1.23 bits per heavy atom. The number of hydrogen-bond donors (Lipinski definition) is 0. The van der Waals surface area contributed by atoms with Crippen LogP contribution in [0.4, 0.5) is 5.13 Å². The second-order valence-corrected chi connectivity index (χ2v) is 8.81. The lowest BCUT2D eigenvalue weighted by Crippen LogP contribution is -2.30. The van der Waals surface area contributed by atoms with Crippen molar-refractivity contribution in [1.29, 1.82) is 0 Å². The van der Waals surface area contributed by atoms with Crippen LogP contribution in [0, 0.1) is 19.8 Å². The van der Waals surface area contributed by atoms with Gasteiger partial charge in [0.1, 0.15) is 28.4 Å². The summed E-state index contributed by atoms with van der Waals surface area (Å²) in [7, 11) is 0. The molecule has 4 heterocycles. The fourth-order valence-corrected chi connectivity index (χ4v) is 5.19. The number of hydrogen-bond acceptors (Lipinski definition) is 9. The molecule has 1 amide bonds. The van der Waals surface area contributed by atoms with Crippen LogP contribution in [0.5, 0.6) is 0 Å². The van der Waals surface area contributed by atoms with Gasteiger partial charge in [-0.05, 0) is 44.4 Å². The molecule has 0 aliphatic carbocycles. The topological polar surface area (TPSA) is 107 Å². The maximum atomic E-state index is 13.2. The zero-order valence-electron chi connectivity index (χ0n) is 16.9. The number of ether oxygens (including phenoxy) is 1. The summed E-state index contributed by atoms with van der Waals surface area (Å²) in [6, 6.07) is 5.66. The summed E-state index contributed by atoms with van der Waals surface area (Å²) in [5.74, 6) is -3.09. The molecule has 1 fully saturated rings. The Bertz CT molecular complexity index is 1180. The van der Waals surface area contributed by atoms with Crippen LogP contribution in [-0.2, 0) is 14.3 Å². The number of aryl methyl sites for hydroxylation is 2. The number of amides is 1. The predicted molar refractivity (Wildman–Crippen MR) is 114 cm³/mol. The Kier molecular flexibility index (Phi) is 5.59. The zero-order valence-corrected chi connectivity index (χ0v) is 18.5. The maximum Gasteiger partial charge on any atom is 0.350 e. The number of rotatable bonds is 6. The highest BCUT2D eigenvalue weighted by Crippen LogP contribution is 2.43. The number of anilines is 1. The largest absolute Gasteiger partial charge is 0.464 e. The summed E-state index contributed by atoms with van der Waals surface area (Å²) in [6.07, 6.45) is 0. The molecule has 1 aliphatic heterocycles. The summed E-state index contributed by atoms with van der Waals surface area (Å²) in [5.41, 5.74) is 0.376. The summed E-state index contributed by atoms with van der Waals surface area (Å²) < 4.78 is 10.8. The first-order chi connectivity index (χ1) is 14.8. The van der Waals surface area contributed by atoms with Crippen LogP contribution in [0.2, 0.25) is 0 Å². The summed E-state index contributed by atoms with van der Waals surface area (Å²) in [5, 5.41) is 1.87. The van der Waals surface area contributed by atoms with E-state index in [4.69, 9.17) is 9.15 Å². The van der Waals surface area contributed by atoms with Crippen LogP contribution >= 0.6 is 22.7 Å². The number of carbonyl (C=O) groups is 4. The van der Waals surface area contributed by atoms with Gasteiger partial charge in [-0.1, -0.05) is 17.4 Å². The average Bonchev–Trinajstić information content (AvgIpc) is 3.50. The highest BCUT2D eigenvalue weighted by Gasteiger charge is 2.55. The molecule has 4 rings (SSSR count). The van der Waals surface area contributed by atoms with Gasteiger partial charge in [0, 0.05) is 0 Å². The highest BCUT2D eigenvalue weighted by molar-refractivity contribution is 7.17. The van der Waals surface area contributed by atoms with E-state index < -0.39 is 35.4 Å². The van der Waals surface area contributed by atoms with Gasteiger partial charge < -0.3 is 9.15 Å². The Balaban J connectivity index is 1.82. The minimum absolute atomic E-state index is 0.138. The van der Waals surface area contributed by atoms with Crippen molar-refractivity contribution in [3.63, 3.8) is 0 Å². The molecule has 10 heteroatoms. The molecule has 0 saturated carbocycles. The average molecular weight is 459 g/mol. The molecule has 0 N–H and O–H groups in total. The van der Waals surface area contributed by atoms with Crippen LogP contribution in [0.1, 0.15) is 49.5 Å². The minimum atomic E-state index is -1.27. The van der Waals surface area contributed by atoms with Gasteiger partial charge in [-0.3, -0.25) is 19.3 Å². The van der Waals surface area contributed by atoms with E-state index in [1.807, 2.05) is 0 Å². The first-order valence-corrected chi connectivity index (χ1v) is 11.2. The molecule has 0 spiro atoms. The summed E-state index contributed by atoms with van der Waals surface area (Å²) in [4.78, 5) is 57.5. The monoisotopic (exact) mass is 458 g/mol. The molecule has 160 valence electrons. The molecular weight excluding hydrogens is 440 g/mol. The number of Topliss-reactive ketones (excluding diaryl/α,β-unsaturated/α-hetero) is 2. The van der Waals surface area contributed by atoms with E-state index in [0.717, 1.165) is 16.2 Å². The van der Waals surface area contributed by atoms with Crippen molar-refractivity contribution in [1.82, 2.24) is 4.98 Å². The van der Waals surface area contributed by atoms with Gasteiger partial charge >= 0.3 is 5.97 Å². The molecule has 1 saturated heterocycles. The van der Waals surface area contributed by atoms with Gasteiger partial charge in [-0.15, -0.1) is 11.3 Å². The first-order valence-electron chi connectivity index (χ1n) is 9.49. The maximum absolute atomic E-state index is 13.2. The van der Waals surface area contributed by atoms with Gasteiger partial charge in [0.15, 0.2) is 10.9 Å². The van der Waals surface area contributed by atoms with E-state index in [0.29, 0.717) is 22.1 Å². The van der Waals surface area contributed by atoms with Crippen LogP contribution in [0.15, 0.2) is 34.1 Å². The van der Waals surface area contributed by atoms with Gasteiger partial charge in [0.05, 0.1) is 17.2 Å². The number of esters is 1. The van der Waals surface area contributed by atoms with Crippen molar-refractivity contribution < 1.29 is 28.3 Å². The normalized spacial score (nSPS) is 18.6. The fourth-order valence-electron chi connectivity index (χ4n) is 3.49. The zero-order chi connectivity index (χ0) is 22.3. The van der Waals surface area contributed by atoms with Crippen LogP contribution in [0.25, 0.3) is 0 Å². The third-order valence-corrected chi connectivity index (χ3v) is 6.88. The molecule has 0 radical (unpaired) electrons. The molecule has 2 atom stereocenters. The number of ketones is 2. The summed E-state index contributed by atoms with van der Waals surface area (Å²) in [6.45, 7) is 5.23. The van der Waals surface area contributed by atoms with Gasteiger partial charge in [-0.25, -0.2) is 9.78 Å². The van der Waals surface area contributed by atoms with Gasteiger partial charge in [0.25, 0.3) is 5.91 Å². The van der Waals surface area contributed by atoms with Gasteiger partial charge in [-0.2, -0.15) is 0 Å². The second kappa shape index (κ2) is 8.20. The van der Waals surface area contributed by atoms with Crippen molar-refractivity contribution in [2.75, 3.05) is 11.5 Å². The molecular formula is C21H18N2O6S2. The van der Waals surface area contributed by atoms with Crippen LogP contribution in [-0.4, -0.2) is 35.0 Å². The fraction of sp³-hybridized carbons (Fsp3) is 0.286.